The first kappa shape index (κ1) is 13.4. The lowest BCUT2D eigenvalue weighted by atomic mass is 9.95. The second-order valence-electron chi connectivity index (χ2n) is 5.87. The van der Waals surface area contributed by atoms with Crippen LogP contribution >= 0.6 is 11.6 Å². The molecule has 5 heteroatoms. The van der Waals surface area contributed by atoms with E-state index in [-0.39, 0.29) is 0 Å². The molecule has 0 aliphatic carbocycles. The fraction of sp³-hybridized carbons (Fsp3) is 0.467. The Kier molecular flexibility index (Phi) is 3.21. The van der Waals surface area contributed by atoms with Crippen LogP contribution in [0, 0.1) is 11.8 Å². The average Bonchev–Trinajstić information content (AvgIpc) is 2.97. The van der Waals surface area contributed by atoms with E-state index in [1.165, 1.54) is 0 Å². The molecule has 106 valence electrons. The molecule has 0 radical (unpaired) electrons. The Morgan fingerprint density at radius 1 is 1.35 bits per heavy atom. The zero-order chi connectivity index (χ0) is 14.4. The number of hydrogen-bond donors (Lipinski definition) is 1. The van der Waals surface area contributed by atoms with E-state index in [0.29, 0.717) is 28.1 Å². The van der Waals surface area contributed by atoms with Gasteiger partial charge in [-0.1, -0.05) is 25.4 Å². The van der Waals surface area contributed by atoms with Crippen molar-refractivity contribution in [3.05, 3.63) is 22.7 Å². The van der Waals surface area contributed by atoms with Crippen molar-refractivity contribution in [2.75, 3.05) is 23.3 Å². The summed E-state index contributed by atoms with van der Waals surface area (Å²) >= 11 is 6.30. The van der Waals surface area contributed by atoms with Crippen LogP contribution in [-0.4, -0.2) is 24.8 Å². The van der Waals surface area contributed by atoms with Crippen molar-refractivity contribution < 1.29 is 9.59 Å². The minimum absolute atomic E-state index is 0.378. The van der Waals surface area contributed by atoms with Crippen LogP contribution in [0.4, 0.5) is 11.4 Å². The molecule has 2 aliphatic heterocycles. The molecule has 1 unspecified atom stereocenters. The van der Waals surface area contributed by atoms with E-state index in [4.69, 9.17) is 11.6 Å². The van der Waals surface area contributed by atoms with Crippen LogP contribution in [0.15, 0.2) is 12.1 Å². The summed E-state index contributed by atoms with van der Waals surface area (Å²) in [7, 11) is 0. The number of hydrogen-bond acceptors (Lipinski definition) is 3. The van der Waals surface area contributed by atoms with E-state index in [0.717, 1.165) is 25.2 Å². The van der Waals surface area contributed by atoms with Gasteiger partial charge in [0.1, 0.15) is 0 Å². The molecule has 1 aromatic carbocycles. The molecule has 1 aromatic rings. The maximum Gasteiger partial charge on any atom is 0.296 e. The van der Waals surface area contributed by atoms with Crippen LogP contribution in [-0.2, 0) is 4.79 Å². The number of amides is 1. The highest BCUT2D eigenvalue weighted by molar-refractivity contribution is 6.52. The zero-order valence-electron chi connectivity index (χ0n) is 11.6. The van der Waals surface area contributed by atoms with Crippen LogP contribution in [0.5, 0.6) is 0 Å². The second kappa shape index (κ2) is 4.77. The summed E-state index contributed by atoms with van der Waals surface area (Å²) in [6.07, 6.45) is 1.15. The van der Waals surface area contributed by atoms with Gasteiger partial charge in [-0.2, -0.15) is 0 Å². The number of rotatable bonds is 2. The predicted molar refractivity (Wildman–Crippen MR) is 79.6 cm³/mol. The topological polar surface area (TPSA) is 49.4 Å². The van der Waals surface area contributed by atoms with Crippen molar-refractivity contribution in [1.29, 1.82) is 0 Å². The normalized spacial score (nSPS) is 21.6. The number of nitrogens with one attached hydrogen (secondary N) is 1. The maximum atomic E-state index is 11.6. The molecule has 2 aliphatic rings. The molecule has 3 rings (SSSR count). The fourth-order valence-electron chi connectivity index (χ4n) is 2.95. The smallest absolute Gasteiger partial charge is 0.296 e. The van der Waals surface area contributed by atoms with Gasteiger partial charge in [-0.05, 0) is 30.4 Å². The van der Waals surface area contributed by atoms with Crippen molar-refractivity contribution in [3.8, 4) is 0 Å². The van der Waals surface area contributed by atoms with E-state index in [1.54, 1.807) is 6.07 Å². The molecule has 0 aromatic heterocycles. The molecule has 1 atom stereocenters. The van der Waals surface area contributed by atoms with Crippen LogP contribution in [0.3, 0.4) is 0 Å². The number of anilines is 2. The Bertz CT molecular complexity index is 598. The zero-order valence-corrected chi connectivity index (χ0v) is 12.3. The van der Waals surface area contributed by atoms with Gasteiger partial charge in [0, 0.05) is 13.1 Å². The first-order valence-electron chi connectivity index (χ1n) is 6.91. The molecule has 0 saturated carbocycles. The Labute approximate surface area is 123 Å². The summed E-state index contributed by atoms with van der Waals surface area (Å²) in [5, 5.41) is 3.14. The van der Waals surface area contributed by atoms with Crippen molar-refractivity contribution >= 4 is 34.7 Å². The van der Waals surface area contributed by atoms with Gasteiger partial charge >= 0.3 is 0 Å². The number of ketones is 1. The van der Waals surface area contributed by atoms with Crippen LogP contribution in [0.25, 0.3) is 0 Å². The highest BCUT2D eigenvalue weighted by Gasteiger charge is 2.31. The largest absolute Gasteiger partial charge is 0.370 e. The third kappa shape index (κ3) is 2.08. The number of fused-ring (bicyclic) bond motifs is 1. The lowest BCUT2D eigenvalue weighted by Crippen LogP contribution is -2.21. The number of Topliss-reactive ketones (excluding diaryl/α,β-unsaturated/α-hetero) is 1. The lowest BCUT2D eigenvalue weighted by Gasteiger charge is -2.22. The number of halogens is 1. The number of benzene rings is 1. The summed E-state index contributed by atoms with van der Waals surface area (Å²) in [5.74, 6) is 0.231. The minimum atomic E-state index is -0.574. The van der Waals surface area contributed by atoms with Gasteiger partial charge in [-0.25, -0.2) is 0 Å². The molecule has 1 N–H and O–H groups in total. The molecule has 2 heterocycles. The highest BCUT2D eigenvalue weighted by Crippen LogP contribution is 2.38. The molecule has 0 bridgehead atoms. The van der Waals surface area contributed by atoms with Crippen molar-refractivity contribution in [2.24, 2.45) is 11.8 Å². The van der Waals surface area contributed by atoms with Crippen molar-refractivity contribution in [3.63, 3.8) is 0 Å². The van der Waals surface area contributed by atoms with Crippen LogP contribution in [0.1, 0.15) is 30.6 Å². The van der Waals surface area contributed by atoms with Gasteiger partial charge in [0.15, 0.2) is 0 Å². The Balaban J connectivity index is 1.91. The SMILES string of the molecule is CC(C)C1CCN(c2cc3c(cc2Cl)C(=O)C(=O)N3)C1. The van der Waals surface area contributed by atoms with Gasteiger partial charge in [-0.3, -0.25) is 9.59 Å². The predicted octanol–water partition coefficient (Wildman–Crippen LogP) is 2.96. The van der Waals surface area contributed by atoms with E-state index in [1.807, 2.05) is 6.07 Å². The number of carbonyl (C=O) groups excluding carboxylic acids is 2. The molecule has 20 heavy (non-hydrogen) atoms. The first-order chi connectivity index (χ1) is 9.47. The molecule has 1 amide bonds. The standard InChI is InChI=1S/C15H17ClN2O2/c1-8(2)9-3-4-18(7-9)13-6-12-10(5-11(13)16)14(19)15(20)17-12/h5-6,8-9H,3-4,7H2,1-2H3,(H,17,19,20). The van der Waals surface area contributed by atoms with Gasteiger partial charge in [0.05, 0.1) is 22.0 Å². The van der Waals surface area contributed by atoms with E-state index in [2.05, 4.69) is 24.1 Å². The van der Waals surface area contributed by atoms with Crippen molar-refractivity contribution in [2.45, 2.75) is 20.3 Å². The fourth-order valence-corrected chi connectivity index (χ4v) is 3.23. The molecule has 4 nitrogen and oxygen atoms in total. The summed E-state index contributed by atoms with van der Waals surface area (Å²) in [5.41, 5.74) is 1.86. The van der Waals surface area contributed by atoms with Crippen LogP contribution < -0.4 is 10.2 Å². The first-order valence-corrected chi connectivity index (χ1v) is 7.29. The monoisotopic (exact) mass is 292 g/mol. The lowest BCUT2D eigenvalue weighted by molar-refractivity contribution is -0.112. The summed E-state index contributed by atoms with van der Waals surface area (Å²) in [6.45, 7) is 6.40. The van der Waals surface area contributed by atoms with Gasteiger partial charge in [0.2, 0.25) is 0 Å². The molecular weight excluding hydrogens is 276 g/mol. The number of nitrogens with zero attached hydrogens (tertiary/aromatic N) is 1. The Morgan fingerprint density at radius 2 is 2.10 bits per heavy atom. The molecule has 1 fully saturated rings. The Morgan fingerprint density at radius 3 is 2.75 bits per heavy atom. The summed E-state index contributed by atoms with van der Waals surface area (Å²) in [4.78, 5) is 25.3. The third-order valence-corrected chi connectivity index (χ3v) is 4.60. The van der Waals surface area contributed by atoms with Gasteiger partial charge in [0.25, 0.3) is 11.7 Å². The third-order valence-electron chi connectivity index (χ3n) is 4.29. The summed E-state index contributed by atoms with van der Waals surface area (Å²) in [6, 6.07) is 3.43. The average molecular weight is 293 g/mol. The Hall–Kier alpha value is -1.55. The molecule has 1 saturated heterocycles. The van der Waals surface area contributed by atoms with Crippen molar-refractivity contribution in [1.82, 2.24) is 0 Å². The highest BCUT2D eigenvalue weighted by atomic mass is 35.5. The molecular formula is C15H17ClN2O2. The second-order valence-corrected chi connectivity index (χ2v) is 6.28. The minimum Gasteiger partial charge on any atom is -0.370 e. The quantitative estimate of drug-likeness (QED) is 0.853. The van der Waals surface area contributed by atoms with Gasteiger partial charge < -0.3 is 10.2 Å². The van der Waals surface area contributed by atoms with Crippen LogP contribution in [0.2, 0.25) is 5.02 Å². The van der Waals surface area contributed by atoms with E-state index < -0.39 is 11.7 Å². The summed E-state index contributed by atoms with van der Waals surface area (Å²) < 4.78 is 0. The van der Waals surface area contributed by atoms with E-state index >= 15 is 0 Å². The maximum absolute atomic E-state index is 11.6. The molecule has 0 spiro atoms. The van der Waals surface area contributed by atoms with Gasteiger partial charge in [-0.15, -0.1) is 0 Å². The van der Waals surface area contributed by atoms with E-state index in [9.17, 15) is 9.59 Å². The number of carbonyl (C=O) groups is 2.